The van der Waals surface area contributed by atoms with Crippen LogP contribution in [0.1, 0.15) is 11.1 Å². The molecule has 0 aliphatic rings. The van der Waals surface area contributed by atoms with Crippen LogP contribution in [0.4, 0.5) is 18.9 Å². The molecule has 0 saturated heterocycles. The van der Waals surface area contributed by atoms with E-state index in [1.165, 1.54) is 12.3 Å². The van der Waals surface area contributed by atoms with Crippen LogP contribution < -0.4 is 5.43 Å². The van der Waals surface area contributed by atoms with Gasteiger partial charge in [-0.2, -0.15) is 18.3 Å². The van der Waals surface area contributed by atoms with E-state index in [0.717, 1.165) is 17.7 Å². The number of nitrogens with one attached hydrogen (secondary N) is 1. The number of hydrogen-bond donors (Lipinski definition) is 1. The Balaban J connectivity index is 2.14. The van der Waals surface area contributed by atoms with Crippen LogP contribution in [0.25, 0.3) is 0 Å². The van der Waals surface area contributed by atoms with E-state index in [-0.39, 0.29) is 10.7 Å². The molecule has 110 valence electrons. The predicted octanol–water partition coefficient (Wildman–Crippen LogP) is 5.46. The first kappa shape index (κ1) is 15.7. The first-order valence-corrected chi connectivity index (χ1v) is 6.53. The van der Waals surface area contributed by atoms with Crippen molar-refractivity contribution in [1.29, 1.82) is 0 Å². The van der Waals surface area contributed by atoms with Crippen molar-refractivity contribution in [3.05, 3.63) is 63.6 Å². The molecular weight excluding hydrogens is 324 g/mol. The zero-order valence-corrected chi connectivity index (χ0v) is 12.0. The lowest BCUT2D eigenvalue weighted by molar-refractivity contribution is -0.137. The van der Waals surface area contributed by atoms with Gasteiger partial charge in [0.05, 0.1) is 22.5 Å². The number of nitrogens with zero attached hydrogens (tertiary/aromatic N) is 1. The Hall–Kier alpha value is -1.72. The lowest BCUT2D eigenvalue weighted by Crippen LogP contribution is -2.05. The first-order valence-electron chi connectivity index (χ1n) is 5.77. The third-order valence-electron chi connectivity index (χ3n) is 2.56. The number of benzene rings is 2. The normalized spacial score (nSPS) is 11.9. The van der Waals surface area contributed by atoms with E-state index in [4.69, 9.17) is 23.2 Å². The molecule has 2 nitrogen and oxygen atoms in total. The van der Waals surface area contributed by atoms with Gasteiger partial charge in [0.2, 0.25) is 0 Å². The summed E-state index contributed by atoms with van der Waals surface area (Å²) in [7, 11) is 0. The third-order valence-corrected chi connectivity index (χ3v) is 3.14. The van der Waals surface area contributed by atoms with Gasteiger partial charge in [0, 0.05) is 5.02 Å². The Kier molecular flexibility index (Phi) is 4.75. The lowest BCUT2D eigenvalue weighted by Gasteiger charge is -2.09. The van der Waals surface area contributed by atoms with Crippen molar-refractivity contribution in [3.63, 3.8) is 0 Å². The minimum absolute atomic E-state index is 0.0803. The van der Waals surface area contributed by atoms with E-state index < -0.39 is 11.7 Å². The predicted molar refractivity (Wildman–Crippen MR) is 79.1 cm³/mol. The zero-order chi connectivity index (χ0) is 15.5. The highest BCUT2D eigenvalue weighted by molar-refractivity contribution is 6.33. The summed E-state index contributed by atoms with van der Waals surface area (Å²) in [6.45, 7) is 0. The number of hydrogen-bond acceptors (Lipinski definition) is 2. The second-order valence-electron chi connectivity index (χ2n) is 4.11. The second-order valence-corrected chi connectivity index (χ2v) is 4.96. The summed E-state index contributed by atoms with van der Waals surface area (Å²) in [4.78, 5) is 0. The third kappa shape index (κ3) is 4.37. The summed E-state index contributed by atoms with van der Waals surface area (Å²) in [6, 6.07) is 9.80. The highest BCUT2D eigenvalue weighted by Gasteiger charge is 2.30. The number of hydrazone groups is 1. The van der Waals surface area contributed by atoms with E-state index in [9.17, 15) is 13.2 Å². The number of halogens is 5. The van der Waals surface area contributed by atoms with Gasteiger partial charge >= 0.3 is 6.18 Å². The molecule has 0 aromatic heterocycles. The topological polar surface area (TPSA) is 24.4 Å². The largest absolute Gasteiger partial charge is 0.416 e. The van der Waals surface area contributed by atoms with Crippen molar-refractivity contribution in [1.82, 2.24) is 0 Å². The van der Waals surface area contributed by atoms with E-state index in [2.05, 4.69) is 10.5 Å². The molecular formula is C14H9Cl2F3N2. The summed E-state index contributed by atoms with van der Waals surface area (Å²) >= 11 is 11.6. The SMILES string of the molecule is FC(F)(F)c1ccc(Cl)c(N/N=C\c2ccc(Cl)cc2)c1. The van der Waals surface area contributed by atoms with Gasteiger partial charge in [-0.3, -0.25) is 5.43 Å². The Labute approximate surface area is 129 Å². The molecule has 0 saturated carbocycles. The minimum atomic E-state index is -4.43. The molecule has 21 heavy (non-hydrogen) atoms. The fraction of sp³-hybridized carbons (Fsp3) is 0.0714. The van der Waals surface area contributed by atoms with E-state index in [1.807, 2.05) is 0 Å². The van der Waals surface area contributed by atoms with Crippen molar-refractivity contribution >= 4 is 35.1 Å². The van der Waals surface area contributed by atoms with Crippen LogP contribution in [-0.2, 0) is 6.18 Å². The van der Waals surface area contributed by atoms with Gasteiger partial charge in [0.1, 0.15) is 0 Å². The number of alkyl halides is 3. The fourth-order valence-electron chi connectivity index (χ4n) is 1.51. The van der Waals surface area contributed by atoms with Gasteiger partial charge < -0.3 is 0 Å². The van der Waals surface area contributed by atoms with Gasteiger partial charge in [-0.15, -0.1) is 0 Å². The molecule has 0 radical (unpaired) electrons. The van der Waals surface area contributed by atoms with E-state index >= 15 is 0 Å². The van der Waals surface area contributed by atoms with E-state index in [0.29, 0.717) is 5.02 Å². The van der Waals surface area contributed by atoms with E-state index in [1.54, 1.807) is 24.3 Å². The van der Waals surface area contributed by atoms with Crippen LogP contribution in [-0.4, -0.2) is 6.21 Å². The highest BCUT2D eigenvalue weighted by atomic mass is 35.5. The molecule has 0 spiro atoms. The Bertz CT molecular complexity index is 652. The molecule has 0 aliphatic heterocycles. The summed E-state index contributed by atoms with van der Waals surface area (Å²) in [5.74, 6) is 0. The van der Waals surface area contributed by atoms with Crippen molar-refractivity contribution in [3.8, 4) is 0 Å². The maximum atomic E-state index is 12.6. The number of rotatable bonds is 3. The molecule has 2 aromatic rings. The summed E-state index contributed by atoms with van der Waals surface area (Å²) in [6.07, 6.45) is -2.98. The first-order chi connectivity index (χ1) is 9.86. The molecule has 2 aromatic carbocycles. The minimum Gasteiger partial charge on any atom is -0.277 e. The molecule has 0 heterocycles. The molecule has 7 heteroatoms. The quantitative estimate of drug-likeness (QED) is 0.585. The molecule has 0 fully saturated rings. The standard InChI is InChI=1S/C14H9Cl2F3N2/c15-11-4-1-9(2-5-11)8-20-21-13-7-10(14(17,18)19)3-6-12(13)16/h1-8,21H/b20-8-. The Morgan fingerprint density at radius 1 is 1.00 bits per heavy atom. The summed E-state index contributed by atoms with van der Waals surface area (Å²) in [5.41, 5.74) is 2.52. The zero-order valence-electron chi connectivity index (χ0n) is 10.5. The Morgan fingerprint density at radius 3 is 2.29 bits per heavy atom. The van der Waals surface area contributed by atoms with Crippen molar-refractivity contribution in [2.24, 2.45) is 5.10 Å². The smallest absolute Gasteiger partial charge is 0.277 e. The maximum Gasteiger partial charge on any atom is 0.416 e. The summed E-state index contributed by atoms with van der Waals surface area (Å²) < 4.78 is 37.8. The monoisotopic (exact) mass is 332 g/mol. The van der Waals surface area contributed by atoms with Crippen LogP contribution in [0, 0.1) is 0 Å². The van der Waals surface area contributed by atoms with Crippen LogP contribution >= 0.6 is 23.2 Å². The maximum absolute atomic E-state index is 12.6. The van der Waals surface area contributed by atoms with Gasteiger partial charge in [-0.25, -0.2) is 0 Å². The van der Waals surface area contributed by atoms with Gasteiger partial charge in [-0.05, 0) is 35.9 Å². The van der Waals surface area contributed by atoms with Crippen molar-refractivity contribution < 1.29 is 13.2 Å². The van der Waals surface area contributed by atoms with Crippen molar-refractivity contribution in [2.75, 3.05) is 5.43 Å². The molecule has 2 rings (SSSR count). The number of anilines is 1. The molecule has 0 bridgehead atoms. The van der Waals surface area contributed by atoms with Crippen LogP contribution in [0.2, 0.25) is 10.0 Å². The fourth-order valence-corrected chi connectivity index (χ4v) is 1.80. The molecule has 0 amide bonds. The lowest BCUT2D eigenvalue weighted by atomic mass is 10.2. The van der Waals surface area contributed by atoms with Gasteiger partial charge in [-0.1, -0.05) is 35.3 Å². The van der Waals surface area contributed by atoms with Crippen molar-refractivity contribution in [2.45, 2.75) is 6.18 Å². The average Bonchev–Trinajstić information content (AvgIpc) is 2.42. The van der Waals surface area contributed by atoms with Crippen LogP contribution in [0.15, 0.2) is 47.6 Å². The van der Waals surface area contributed by atoms with Crippen LogP contribution in [0.5, 0.6) is 0 Å². The molecule has 0 atom stereocenters. The highest BCUT2D eigenvalue weighted by Crippen LogP contribution is 2.33. The Morgan fingerprint density at radius 2 is 1.67 bits per heavy atom. The molecule has 0 aliphatic carbocycles. The average molecular weight is 333 g/mol. The second kappa shape index (κ2) is 6.37. The molecule has 1 N–H and O–H groups in total. The van der Waals surface area contributed by atoms with Gasteiger partial charge in [0.15, 0.2) is 0 Å². The van der Waals surface area contributed by atoms with Gasteiger partial charge in [0.25, 0.3) is 0 Å². The molecule has 0 unspecified atom stereocenters. The summed E-state index contributed by atoms with van der Waals surface area (Å²) in [5, 5.41) is 4.59. The van der Waals surface area contributed by atoms with Crippen LogP contribution in [0.3, 0.4) is 0 Å².